The summed E-state index contributed by atoms with van der Waals surface area (Å²) in [6.07, 6.45) is 8.74. The van der Waals surface area contributed by atoms with Crippen molar-refractivity contribution in [3.8, 4) is 0 Å². The van der Waals surface area contributed by atoms with E-state index in [4.69, 9.17) is 0 Å². The van der Waals surface area contributed by atoms with Gasteiger partial charge < -0.3 is 14.8 Å². The van der Waals surface area contributed by atoms with Crippen LogP contribution in [0.4, 0.5) is 0 Å². The lowest BCUT2D eigenvalue weighted by molar-refractivity contribution is -0.143. The smallest absolute Gasteiger partial charge is 0.223 e. The Balaban J connectivity index is 1.34. The van der Waals surface area contributed by atoms with Gasteiger partial charge in [-0.2, -0.15) is 5.10 Å². The molecule has 2 aromatic rings. The quantitative estimate of drug-likeness (QED) is 0.759. The first-order valence-corrected chi connectivity index (χ1v) is 10.4. The summed E-state index contributed by atoms with van der Waals surface area (Å²) in [5, 5.41) is 6.94. The molecule has 2 amide bonds. The van der Waals surface area contributed by atoms with Crippen molar-refractivity contribution >= 4 is 11.8 Å². The van der Waals surface area contributed by atoms with Crippen molar-refractivity contribution in [1.29, 1.82) is 0 Å². The number of aryl methyl sites for hydroxylation is 2. The number of hydrogen-bond acceptors (Lipinski definition) is 5. The standard InChI is InChI=1S/C20H29N7O2/c1-15-23-17(25-24-15)3-4-18(28)26-9-2-7-20(12-26)8-5-19(29)27(13-20)10-6-16-11-21-14-22-16/h11,14H,2-10,12-13H2,1H3,(H,21,22)(H,23,24,25)/t20-/m1/s1. The van der Waals surface area contributed by atoms with E-state index in [1.807, 2.05) is 16.7 Å². The number of carbonyl (C=O) groups excluding carboxylic acids is 2. The summed E-state index contributed by atoms with van der Waals surface area (Å²) in [6, 6.07) is 0. The maximum atomic E-state index is 12.8. The van der Waals surface area contributed by atoms with Gasteiger partial charge in [0.1, 0.15) is 5.82 Å². The van der Waals surface area contributed by atoms with E-state index in [1.54, 1.807) is 12.5 Å². The second kappa shape index (κ2) is 8.34. The number of aromatic amines is 2. The Hall–Kier alpha value is -2.71. The molecule has 1 atom stereocenters. The van der Waals surface area contributed by atoms with E-state index in [0.717, 1.165) is 56.8 Å². The molecule has 2 saturated heterocycles. The normalized spacial score (nSPS) is 22.4. The molecule has 9 nitrogen and oxygen atoms in total. The molecule has 0 radical (unpaired) electrons. The van der Waals surface area contributed by atoms with Crippen molar-refractivity contribution in [2.75, 3.05) is 26.2 Å². The van der Waals surface area contributed by atoms with Gasteiger partial charge in [0.05, 0.1) is 6.33 Å². The van der Waals surface area contributed by atoms with Gasteiger partial charge in [-0.1, -0.05) is 0 Å². The molecule has 0 aliphatic carbocycles. The minimum absolute atomic E-state index is 0.0248. The molecule has 2 aromatic heterocycles. The summed E-state index contributed by atoms with van der Waals surface area (Å²) in [4.78, 5) is 40.7. The lowest BCUT2D eigenvalue weighted by atomic mass is 9.73. The van der Waals surface area contributed by atoms with Gasteiger partial charge in [-0.05, 0) is 26.2 Å². The molecule has 2 aliphatic rings. The number of carbonyl (C=O) groups is 2. The molecule has 0 aromatic carbocycles. The van der Waals surface area contributed by atoms with Gasteiger partial charge in [0.15, 0.2) is 5.82 Å². The molecule has 2 fully saturated rings. The lowest BCUT2D eigenvalue weighted by Crippen LogP contribution is -2.55. The van der Waals surface area contributed by atoms with Crippen molar-refractivity contribution in [2.24, 2.45) is 5.41 Å². The Labute approximate surface area is 170 Å². The highest BCUT2D eigenvalue weighted by molar-refractivity contribution is 5.78. The molecule has 2 aliphatic heterocycles. The minimum atomic E-state index is 0.0248. The summed E-state index contributed by atoms with van der Waals surface area (Å²) >= 11 is 0. The second-order valence-electron chi connectivity index (χ2n) is 8.40. The third-order valence-electron chi connectivity index (χ3n) is 6.17. The Bertz CT molecular complexity index is 847. The molecule has 1 spiro atoms. The summed E-state index contributed by atoms with van der Waals surface area (Å²) in [6.45, 7) is 4.84. The summed E-state index contributed by atoms with van der Waals surface area (Å²) in [7, 11) is 0. The van der Waals surface area contributed by atoms with Gasteiger partial charge in [0.2, 0.25) is 11.8 Å². The van der Waals surface area contributed by atoms with E-state index >= 15 is 0 Å². The van der Waals surface area contributed by atoms with Crippen LogP contribution in [-0.2, 0) is 22.4 Å². The highest BCUT2D eigenvalue weighted by Crippen LogP contribution is 2.39. The van der Waals surface area contributed by atoms with Gasteiger partial charge in [-0.3, -0.25) is 14.7 Å². The van der Waals surface area contributed by atoms with Gasteiger partial charge in [-0.15, -0.1) is 0 Å². The van der Waals surface area contributed by atoms with Gasteiger partial charge in [0, 0.05) is 69.2 Å². The molecule has 9 heteroatoms. The lowest BCUT2D eigenvalue weighted by Gasteiger charge is -2.48. The maximum Gasteiger partial charge on any atom is 0.223 e. The van der Waals surface area contributed by atoms with Crippen molar-refractivity contribution in [2.45, 2.75) is 51.9 Å². The monoisotopic (exact) mass is 399 g/mol. The fourth-order valence-electron chi connectivity index (χ4n) is 4.61. The van der Waals surface area contributed by atoms with Crippen LogP contribution in [0.25, 0.3) is 0 Å². The number of nitrogens with zero attached hydrogens (tertiary/aromatic N) is 5. The fourth-order valence-corrected chi connectivity index (χ4v) is 4.61. The van der Waals surface area contributed by atoms with Crippen LogP contribution < -0.4 is 0 Å². The predicted octanol–water partition coefficient (Wildman–Crippen LogP) is 1.24. The van der Waals surface area contributed by atoms with Gasteiger partial charge in [-0.25, -0.2) is 9.97 Å². The van der Waals surface area contributed by atoms with Crippen LogP contribution >= 0.6 is 0 Å². The highest BCUT2D eigenvalue weighted by atomic mass is 16.2. The second-order valence-corrected chi connectivity index (χ2v) is 8.40. The third kappa shape index (κ3) is 4.65. The number of hydrogen-bond donors (Lipinski definition) is 2. The highest BCUT2D eigenvalue weighted by Gasteiger charge is 2.42. The van der Waals surface area contributed by atoms with Crippen LogP contribution in [0.3, 0.4) is 0 Å². The van der Waals surface area contributed by atoms with Gasteiger partial charge >= 0.3 is 0 Å². The molecule has 156 valence electrons. The van der Waals surface area contributed by atoms with E-state index in [9.17, 15) is 9.59 Å². The maximum absolute atomic E-state index is 12.8. The summed E-state index contributed by atoms with van der Waals surface area (Å²) < 4.78 is 0. The fraction of sp³-hybridized carbons (Fsp3) is 0.650. The van der Waals surface area contributed by atoms with E-state index in [0.29, 0.717) is 31.6 Å². The molecule has 29 heavy (non-hydrogen) atoms. The zero-order valence-electron chi connectivity index (χ0n) is 17.0. The van der Waals surface area contributed by atoms with Crippen LogP contribution in [-0.4, -0.2) is 72.9 Å². The van der Waals surface area contributed by atoms with E-state index in [-0.39, 0.29) is 17.2 Å². The Morgan fingerprint density at radius 3 is 2.93 bits per heavy atom. The molecular formula is C20H29N7O2. The molecule has 0 bridgehead atoms. The number of imidazole rings is 1. The van der Waals surface area contributed by atoms with Crippen LogP contribution in [0, 0.1) is 12.3 Å². The number of nitrogens with one attached hydrogen (secondary N) is 2. The SMILES string of the molecule is Cc1nc(CCC(=O)N2CCC[C@@]3(CCC(=O)N(CCc4cnc[nH]4)C3)C2)n[nH]1. The van der Waals surface area contributed by atoms with Crippen molar-refractivity contribution in [3.05, 3.63) is 29.9 Å². The number of H-pyrrole nitrogens is 2. The van der Waals surface area contributed by atoms with Crippen LogP contribution in [0.1, 0.15) is 49.4 Å². The topological polar surface area (TPSA) is 111 Å². The number of likely N-dealkylation sites (tertiary alicyclic amines) is 2. The number of aromatic nitrogens is 5. The molecule has 0 unspecified atom stereocenters. The number of rotatable bonds is 6. The molecule has 0 saturated carbocycles. The largest absolute Gasteiger partial charge is 0.348 e. The van der Waals surface area contributed by atoms with Crippen LogP contribution in [0.5, 0.6) is 0 Å². The molecule has 2 N–H and O–H groups in total. The van der Waals surface area contributed by atoms with E-state index in [2.05, 4.69) is 25.1 Å². The molecule has 4 heterocycles. The first-order valence-electron chi connectivity index (χ1n) is 10.4. The van der Waals surface area contributed by atoms with Crippen molar-refractivity contribution < 1.29 is 9.59 Å². The summed E-state index contributed by atoms with van der Waals surface area (Å²) in [5.74, 6) is 1.84. The number of amides is 2. The Morgan fingerprint density at radius 1 is 1.28 bits per heavy atom. The zero-order chi connectivity index (χ0) is 20.3. The minimum Gasteiger partial charge on any atom is -0.348 e. The van der Waals surface area contributed by atoms with Gasteiger partial charge in [0.25, 0.3) is 0 Å². The van der Waals surface area contributed by atoms with Crippen molar-refractivity contribution in [3.63, 3.8) is 0 Å². The Kier molecular flexibility index (Phi) is 5.64. The molecular weight excluding hydrogens is 370 g/mol. The average molecular weight is 399 g/mol. The Morgan fingerprint density at radius 2 is 2.17 bits per heavy atom. The predicted molar refractivity (Wildman–Crippen MR) is 106 cm³/mol. The van der Waals surface area contributed by atoms with Crippen molar-refractivity contribution in [1.82, 2.24) is 34.9 Å². The zero-order valence-corrected chi connectivity index (χ0v) is 17.0. The third-order valence-corrected chi connectivity index (χ3v) is 6.17. The van der Waals surface area contributed by atoms with Crippen LogP contribution in [0.15, 0.2) is 12.5 Å². The van der Waals surface area contributed by atoms with Crippen LogP contribution in [0.2, 0.25) is 0 Å². The first kappa shape index (κ1) is 19.6. The number of piperidine rings is 2. The van der Waals surface area contributed by atoms with E-state index in [1.165, 1.54) is 0 Å². The first-order chi connectivity index (χ1) is 14.0. The summed E-state index contributed by atoms with van der Waals surface area (Å²) in [5.41, 5.74) is 1.07. The molecule has 4 rings (SSSR count). The van der Waals surface area contributed by atoms with E-state index < -0.39 is 0 Å². The average Bonchev–Trinajstić information content (AvgIpc) is 3.39.